The Kier molecular flexibility index (Phi) is 4.34. The van der Waals surface area contributed by atoms with Crippen LogP contribution in [-0.4, -0.2) is 23.0 Å². The molecule has 0 saturated heterocycles. The summed E-state index contributed by atoms with van der Waals surface area (Å²) >= 11 is 5.80. The van der Waals surface area contributed by atoms with Gasteiger partial charge in [0.05, 0.1) is 6.04 Å². The van der Waals surface area contributed by atoms with E-state index in [1.54, 1.807) is 32.0 Å². The zero-order valence-corrected chi connectivity index (χ0v) is 10.3. The van der Waals surface area contributed by atoms with Gasteiger partial charge in [-0.2, -0.15) is 0 Å². The van der Waals surface area contributed by atoms with Gasteiger partial charge in [0.15, 0.2) is 5.84 Å². The Balaban J connectivity index is 2.84. The number of amides is 1. The molecule has 1 amide bonds. The molecule has 1 aromatic carbocycles. The number of benzene rings is 1. The van der Waals surface area contributed by atoms with Crippen molar-refractivity contribution in [2.24, 2.45) is 10.9 Å². The van der Waals surface area contributed by atoms with E-state index >= 15 is 0 Å². The van der Waals surface area contributed by atoms with Crippen LogP contribution in [0.5, 0.6) is 0 Å². The second-order valence-corrected chi connectivity index (χ2v) is 4.12. The Hall–Kier alpha value is -1.75. The number of hydrogen-bond acceptors (Lipinski definition) is 3. The first kappa shape index (κ1) is 13.3. The van der Waals surface area contributed by atoms with Crippen LogP contribution >= 0.6 is 11.6 Å². The van der Waals surface area contributed by atoms with Crippen LogP contribution in [0.4, 0.5) is 0 Å². The lowest BCUT2D eigenvalue weighted by molar-refractivity contribution is 0.0948. The summed E-state index contributed by atoms with van der Waals surface area (Å²) in [5.74, 6) is -0.344. The molecule has 0 radical (unpaired) electrons. The van der Waals surface area contributed by atoms with Crippen LogP contribution in [0.2, 0.25) is 5.02 Å². The summed E-state index contributed by atoms with van der Waals surface area (Å²) in [6.45, 7) is 3.41. The van der Waals surface area contributed by atoms with E-state index in [9.17, 15) is 4.79 Å². The molecule has 0 aliphatic carbocycles. The minimum absolute atomic E-state index is 0.0510. The normalized spacial score (nSPS) is 13.2. The molecule has 1 aromatic rings. The Morgan fingerprint density at radius 2 is 2.24 bits per heavy atom. The summed E-state index contributed by atoms with van der Waals surface area (Å²) in [5, 5.41) is 14.5. The molecule has 1 rings (SSSR count). The third-order valence-corrected chi connectivity index (χ3v) is 2.57. The Labute approximate surface area is 104 Å². The fraction of sp³-hybridized carbons (Fsp3) is 0.273. The largest absolute Gasteiger partial charge is 0.409 e. The zero-order chi connectivity index (χ0) is 13.0. The van der Waals surface area contributed by atoms with E-state index in [1.165, 1.54) is 0 Å². The number of carbonyl (C=O) groups is 1. The highest BCUT2D eigenvalue weighted by molar-refractivity contribution is 6.30. The van der Waals surface area contributed by atoms with Crippen molar-refractivity contribution in [1.29, 1.82) is 0 Å². The van der Waals surface area contributed by atoms with Crippen LogP contribution in [0, 0.1) is 6.92 Å². The summed E-state index contributed by atoms with van der Waals surface area (Å²) in [5.41, 5.74) is 6.64. The average molecular weight is 256 g/mol. The van der Waals surface area contributed by atoms with Crippen molar-refractivity contribution in [3.8, 4) is 0 Å². The third kappa shape index (κ3) is 3.35. The molecule has 0 heterocycles. The number of aryl methyl sites for hydroxylation is 1. The number of oxime groups is 1. The highest BCUT2D eigenvalue weighted by Gasteiger charge is 2.14. The molecule has 17 heavy (non-hydrogen) atoms. The Bertz CT molecular complexity index is 460. The van der Waals surface area contributed by atoms with Gasteiger partial charge in [-0.15, -0.1) is 0 Å². The monoisotopic (exact) mass is 255 g/mol. The second-order valence-electron chi connectivity index (χ2n) is 3.68. The minimum Gasteiger partial charge on any atom is -0.409 e. The van der Waals surface area contributed by atoms with E-state index < -0.39 is 6.04 Å². The number of nitrogens with one attached hydrogen (secondary N) is 1. The summed E-state index contributed by atoms with van der Waals surface area (Å²) in [7, 11) is 0. The van der Waals surface area contributed by atoms with Crippen molar-refractivity contribution in [3.63, 3.8) is 0 Å². The maximum Gasteiger partial charge on any atom is 0.252 e. The molecule has 92 valence electrons. The van der Waals surface area contributed by atoms with Crippen LogP contribution in [0.3, 0.4) is 0 Å². The molecule has 4 N–H and O–H groups in total. The van der Waals surface area contributed by atoms with Gasteiger partial charge in [0.25, 0.3) is 5.91 Å². The van der Waals surface area contributed by atoms with E-state index in [0.717, 1.165) is 5.56 Å². The topological polar surface area (TPSA) is 87.7 Å². The number of carbonyl (C=O) groups excluding carboxylic acids is 1. The molecule has 1 unspecified atom stereocenters. The average Bonchev–Trinajstić information content (AvgIpc) is 2.27. The second kappa shape index (κ2) is 5.54. The smallest absolute Gasteiger partial charge is 0.252 e. The first-order valence-corrected chi connectivity index (χ1v) is 5.38. The summed E-state index contributed by atoms with van der Waals surface area (Å²) in [6.07, 6.45) is 0. The first-order valence-electron chi connectivity index (χ1n) is 5.00. The van der Waals surface area contributed by atoms with Crippen molar-refractivity contribution < 1.29 is 10.0 Å². The van der Waals surface area contributed by atoms with Gasteiger partial charge in [-0.05, 0) is 37.6 Å². The summed E-state index contributed by atoms with van der Waals surface area (Å²) in [6, 6.07) is 4.43. The maximum atomic E-state index is 11.9. The highest BCUT2D eigenvalue weighted by atomic mass is 35.5. The van der Waals surface area contributed by atoms with Gasteiger partial charge in [-0.3, -0.25) is 4.79 Å². The molecule has 0 aliphatic rings. The standard InChI is InChI=1S/C11H14ClN3O2/c1-6-5-8(12)3-4-9(6)11(16)14-7(2)10(13)15-17/h3-5,7,17H,1-2H3,(H2,13,15)(H,14,16). The molecule has 6 heteroatoms. The number of rotatable bonds is 3. The Morgan fingerprint density at radius 1 is 1.59 bits per heavy atom. The van der Waals surface area contributed by atoms with Gasteiger partial charge in [0, 0.05) is 10.6 Å². The van der Waals surface area contributed by atoms with E-state index in [0.29, 0.717) is 10.6 Å². The molecule has 5 nitrogen and oxygen atoms in total. The van der Waals surface area contributed by atoms with Gasteiger partial charge in [0.2, 0.25) is 0 Å². The molecule has 0 fully saturated rings. The van der Waals surface area contributed by atoms with Crippen molar-refractivity contribution in [1.82, 2.24) is 5.32 Å². The predicted octanol–water partition coefficient (Wildman–Crippen LogP) is 1.51. The molecule has 0 saturated carbocycles. The highest BCUT2D eigenvalue weighted by Crippen LogP contribution is 2.15. The fourth-order valence-electron chi connectivity index (χ4n) is 1.32. The SMILES string of the molecule is Cc1cc(Cl)ccc1C(=O)NC(C)/C(N)=N/O. The molecule has 0 aliphatic heterocycles. The van der Waals surface area contributed by atoms with Crippen molar-refractivity contribution >= 4 is 23.3 Å². The number of nitrogens with two attached hydrogens (primary N) is 1. The van der Waals surface area contributed by atoms with Crippen molar-refractivity contribution in [2.45, 2.75) is 19.9 Å². The quantitative estimate of drug-likeness (QED) is 0.331. The summed E-state index contributed by atoms with van der Waals surface area (Å²) < 4.78 is 0. The van der Waals surface area contributed by atoms with Gasteiger partial charge >= 0.3 is 0 Å². The van der Waals surface area contributed by atoms with Crippen molar-refractivity contribution in [3.05, 3.63) is 34.3 Å². The van der Waals surface area contributed by atoms with Gasteiger partial charge in [-0.25, -0.2) is 0 Å². The number of hydrogen-bond donors (Lipinski definition) is 3. The lowest BCUT2D eigenvalue weighted by Crippen LogP contribution is -2.42. The van der Waals surface area contributed by atoms with E-state index in [2.05, 4.69) is 10.5 Å². The molecule has 1 atom stereocenters. The maximum absolute atomic E-state index is 11.9. The van der Waals surface area contributed by atoms with Crippen LogP contribution in [-0.2, 0) is 0 Å². The first-order chi connectivity index (χ1) is 7.95. The van der Waals surface area contributed by atoms with E-state index in [-0.39, 0.29) is 11.7 Å². The number of amidine groups is 1. The van der Waals surface area contributed by atoms with E-state index in [1.807, 2.05) is 0 Å². The Morgan fingerprint density at radius 3 is 2.76 bits per heavy atom. The summed E-state index contributed by atoms with van der Waals surface area (Å²) in [4.78, 5) is 11.9. The predicted molar refractivity (Wildman–Crippen MR) is 66.5 cm³/mol. The molecular formula is C11H14ClN3O2. The molecule has 0 aromatic heterocycles. The van der Waals surface area contributed by atoms with Gasteiger partial charge in [-0.1, -0.05) is 16.8 Å². The van der Waals surface area contributed by atoms with Crippen LogP contribution < -0.4 is 11.1 Å². The molecule has 0 bridgehead atoms. The third-order valence-electron chi connectivity index (χ3n) is 2.34. The van der Waals surface area contributed by atoms with Gasteiger partial charge < -0.3 is 16.3 Å². The van der Waals surface area contributed by atoms with Crippen LogP contribution in [0.15, 0.2) is 23.4 Å². The number of halogens is 1. The zero-order valence-electron chi connectivity index (χ0n) is 9.57. The van der Waals surface area contributed by atoms with E-state index in [4.69, 9.17) is 22.5 Å². The lowest BCUT2D eigenvalue weighted by atomic mass is 10.1. The van der Waals surface area contributed by atoms with Crippen LogP contribution in [0.25, 0.3) is 0 Å². The molecule has 0 spiro atoms. The van der Waals surface area contributed by atoms with Crippen LogP contribution in [0.1, 0.15) is 22.8 Å². The minimum atomic E-state index is -0.539. The lowest BCUT2D eigenvalue weighted by Gasteiger charge is -2.13. The fourth-order valence-corrected chi connectivity index (χ4v) is 1.54. The number of nitrogens with zero attached hydrogens (tertiary/aromatic N) is 1. The molecular weight excluding hydrogens is 242 g/mol. The van der Waals surface area contributed by atoms with Gasteiger partial charge in [0.1, 0.15) is 0 Å². The van der Waals surface area contributed by atoms with Crippen molar-refractivity contribution in [2.75, 3.05) is 0 Å².